The molecule has 0 spiro atoms. The topological polar surface area (TPSA) is 117 Å². The molecule has 6 heteroatoms. The van der Waals surface area contributed by atoms with E-state index < -0.39 is 4.92 Å². The smallest absolute Gasteiger partial charge is 0.269 e. The number of hydrogen-bond acceptors (Lipinski definition) is 5. The first-order chi connectivity index (χ1) is 10.6. The zero-order valence-electron chi connectivity index (χ0n) is 11.8. The molecule has 0 aliphatic carbocycles. The predicted molar refractivity (Wildman–Crippen MR) is 82.6 cm³/mol. The lowest BCUT2D eigenvalue weighted by Gasteiger charge is -1.94. The Morgan fingerprint density at radius 3 is 2.05 bits per heavy atom. The second-order valence-electron chi connectivity index (χ2n) is 4.34. The lowest BCUT2D eigenvalue weighted by Crippen LogP contribution is -1.89. The van der Waals surface area contributed by atoms with Gasteiger partial charge in [0.15, 0.2) is 0 Å². The fraction of sp³-hybridized carbons (Fsp3) is 0.125. The van der Waals surface area contributed by atoms with E-state index in [0.717, 1.165) is 5.56 Å². The van der Waals surface area contributed by atoms with E-state index in [1.54, 1.807) is 18.2 Å². The summed E-state index contributed by atoms with van der Waals surface area (Å²) in [6.07, 6.45) is 0.646. The maximum atomic E-state index is 10.3. The number of non-ortho nitro benzene ring substituents is 1. The maximum Gasteiger partial charge on any atom is 0.269 e. The summed E-state index contributed by atoms with van der Waals surface area (Å²) in [5, 5.41) is 26.9. The third kappa shape index (κ3) is 5.72. The van der Waals surface area contributed by atoms with Gasteiger partial charge in [0.25, 0.3) is 5.69 Å². The van der Waals surface area contributed by atoms with E-state index in [2.05, 4.69) is 6.07 Å². The van der Waals surface area contributed by atoms with Crippen molar-refractivity contribution < 1.29 is 4.92 Å². The number of rotatable bonds is 3. The van der Waals surface area contributed by atoms with Crippen LogP contribution in [0.4, 0.5) is 11.4 Å². The summed E-state index contributed by atoms with van der Waals surface area (Å²) in [7, 11) is 0. The molecular weight excluding hydrogens is 280 g/mol. The number of nitrogen functional groups attached to an aromatic ring is 1. The summed E-state index contributed by atoms with van der Waals surface area (Å²) < 4.78 is 0. The highest BCUT2D eigenvalue weighted by Gasteiger charge is 2.04. The Labute approximate surface area is 128 Å². The molecular formula is C16H14N4O2. The van der Waals surface area contributed by atoms with Crippen molar-refractivity contribution >= 4 is 11.4 Å². The van der Waals surface area contributed by atoms with E-state index in [0.29, 0.717) is 17.7 Å². The monoisotopic (exact) mass is 294 g/mol. The van der Waals surface area contributed by atoms with Gasteiger partial charge >= 0.3 is 0 Å². The fourth-order valence-corrected chi connectivity index (χ4v) is 1.67. The summed E-state index contributed by atoms with van der Waals surface area (Å²) in [5.74, 6) is 0. The third-order valence-electron chi connectivity index (χ3n) is 2.64. The van der Waals surface area contributed by atoms with E-state index in [-0.39, 0.29) is 12.1 Å². The average molecular weight is 294 g/mol. The van der Waals surface area contributed by atoms with Gasteiger partial charge < -0.3 is 5.73 Å². The molecule has 2 rings (SSSR count). The van der Waals surface area contributed by atoms with E-state index in [9.17, 15) is 10.1 Å². The molecule has 0 amide bonds. The number of anilines is 1. The normalized spacial score (nSPS) is 8.82. The van der Waals surface area contributed by atoms with Gasteiger partial charge in [0, 0.05) is 17.8 Å². The van der Waals surface area contributed by atoms with Crippen LogP contribution in [0.2, 0.25) is 0 Å². The summed E-state index contributed by atoms with van der Waals surface area (Å²) in [6.45, 7) is 0. The molecule has 0 radical (unpaired) electrons. The summed E-state index contributed by atoms with van der Waals surface area (Å²) in [5.41, 5.74) is 7.87. The molecule has 0 unspecified atom stereocenters. The number of nitrogens with two attached hydrogens (primary N) is 1. The molecule has 22 heavy (non-hydrogen) atoms. The highest BCUT2D eigenvalue weighted by molar-refractivity contribution is 5.41. The highest BCUT2D eigenvalue weighted by Crippen LogP contribution is 2.12. The van der Waals surface area contributed by atoms with Gasteiger partial charge in [-0.3, -0.25) is 10.1 Å². The zero-order chi connectivity index (χ0) is 16.4. The number of hydrogen-bond donors (Lipinski definition) is 1. The third-order valence-corrected chi connectivity index (χ3v) is 2.64. The van der Waals surface area contributed by atoms with Crippen LogP contribution in [0.1, 0.15) is 11.1 Å². The van der Waals surface area contributed by atoms with Crippen LogP contribution in [-0.4, -0.2) is 4.92 Å². The molecule has 2 aromatic rings. The van der Waals surface area contributed by atoms with Crippen molar-refractivity contribution in [1.29, 1.82) is 10.5 Å². The number of nitro benzene ring substituents is 1. The van der Waals surface area contributed by atoms with Crippen LogP contribution in [-0.2, 0) is 12.8 Å². The Bertz CT molecular complexity index is 729. The quantitative estimate of drug-likeness (QED) is 0.530. The van der Waals surface area contributed by atoms with Gasteiger partial charge in [0.2, 0.25) is 0 Å². The Hall–Kier alpha value is -3.38. The molecule has 2 N–H and O–H groups in total. The van der Waals surface area contributed by atoms with Crippen molar-refractivity contribution in [2.45, 2.75) is 12.8 Å². The molecule has 0 aliphatic rings. The van der Waals surface area contributed by atoms with Crippen LogP contribution in [0.5, 0.6) is 0 Å². The summed E-state index contributed by atoms with van der Waals surface area (Å²) in [4.78, 5) is 9.81. The molecule has 0 saturated carbocycles. The van der Waals surface area contributed by atoms with Crippen molar-refractivity contribution in [3.63, 3.8) is 0 Å². The average Bonchev–Trinajstić information content (AvgIpc) is 2.49. The first-order valence-electron chi connectivity index (χ1n) is 6.38. The number of nitro groups is 1. The molecule has 0 atom stereocenters. The fourth-order valence-electron chi connectivity index (χ4n) is 1.67. The minimum atomic E-state index is -0.471. The van der Waals surface area contributed by atoms with Gasteiger partial charge in [-0.05, 0) is 23.3 Å². The van der Waals surface area contributed by atoms with Crippen LogP contribution in [0.3, 0.4) is 0 Å². The van der Waals surface area contributed by atoms with Gasteiger partial charge in [0.1, 0.15) is 0 Å². The van der Waals surface area contributed by atoms with Crippen LogP contribution >= 0.6 is 0 Å². The largest absolute Gasteiger partial charge is 0.399 e. The van der Waals surface area contributed by atoms with Crippen molar-refractivity contribution in [2.75, 3.05) is 5.73 Å². The van der Waals surface area contributed by atoms with Crippen LogP contribution in [0.15, 0.2) is 48.5 Å². The minimum Gasteiger partial charge on any atom is -0.399 e. The Morgan fingerprint density at radius 1 is 1.00 bits per heavy atom. The van der Waals surface area contributed by atoms with Gasteiger partial charge in [-0.25, -0.2) is 0 Å². The molecule has 6 nitrogen and oxygen atoms in total. The zero-order valence-corrected chi connectivity index (χ0v) is 11.8. The van der Waals surface area contributed by atoms with Crippen molar-refractivity contribution in [1.82, 2.24) is 0 Å². The van der Waals surface area contributed by atoms with E-state index in [4.69, 9.17) is 16.3 Å². The minimum absolute atomic E-state index is 0.0303. The Kier molecular flexibility index (Phi) is 6.61. The van der Waals surface area contributed by atoms with Crippen molar-refractivity contribution in [3.8, 4) is 12.1 Å². The lowest BCUT2D eigenvalue weighted by molar-refractivity contribution is -0.384. The van der Waals surface area contributed by atoms with E-state index in [1.807, 2.05) is 24.3 Å². The molecule has 0 fully saturated rings. The number of nitrogens with zero attached hydrogens (tertiary/aromatic N) is 3. The molecule has 0 aromatic heterocycles. The van der Waals surface area contributed by atoms with Gasteiger partial charge in [-0.1, -0.05) is 24.3 Å². The first-order valence-corrected chi connectivity index (χ1v) is 6.38. The second-order valence-corrected chi connectivity index (χ2v) is 4.34. The second kappa shape index (κ2) is 8.72. The Balaban J connectivity index is 0.000000224. The summed E-state index contributed by atoms with van der Waals surface area (Å²) >= 11 is 0. The predicted octanol–water partition coefficient (Wildman–Crippen LogP) is 3.00. The molecule has 0 saturated heterocycles. The molecule has 0 heterocycles. The van der Waals surface area contributed by atoms with Gasteiger partial charge in [-0.15, -0.1) is 0 Å². The SMILES string of the molecule is N#CCc1cccc(N)c1.N#CCc1cccc([N+](=O)[O-])c1. The number of nitriles is 2. The number of benzene rings is 2. The molecule has 0 aliphatic heterocycles. The maximum absolute atomic E-state index is 10.3. The van der Waals surface area contributed by atoms with Crippen LogP contribution < -0.4 is 5.73 Å². The standard InChI is InChI=1S/C8H6N2O2.C8H8N2/c9-5-4-7-2-1-3-8(6-7)10(11)12;9-5-4-7-2-1-3-8(10)6-7/h1-3,6H,4H2;1-3,6H,4,10H2. The van der Waals surface area contributed by atoms with Gasteiger partial charge in [0.05, 0.1) is 29.9 Å². The summed E-state index contributed by atoms with van der Waals surface area (Å²) in [6, 6.07) is 17.4. The van der Waals surface area contributed by atoms with E-state index in [1.165, 1.54) is 12.1 Å². The lowest BCUT2D eigenvalue weighted by atomic mass is 10.1. The molecule has 110 valence electrons. The van der Waals surface area contributed by atoms with Gasteiger partial charge in [-0.2, -0.15) is 10.5 Å². The Morgan fingerprint density at radius 2 is 1.55 bits per heavy atom. The molecule has 0 bridgehead atoms. The first kappa shape index (κ1) is 16.7. The van der Waals surface area contributed by atoms with Crippen molar-refractivity contribution in [3.05, 3.63) is 69.8 Å². The highest BCUT2D eigenvalue weighted by atomic mass is 16.6. The van der Waals surface area contributed by atoms with Crippen LogP contribution in [0.25, 0.3) is 0 Å². The van der Waals surface area contributed by atoms with E-state index >= 15 is 0 Å². The van der Waals surface area contributed by atoms with Crippen LogP contribution in [0, 0.1) is 32.8 Å². The molecule has 2 aromatic carbocycles. The van der Waals surface area contributed by atoms with Crippen molar-refractivity contribution in [2.24, 2.45) is 0 Å².